The molecule has 25 heavy (non-hydrogen) atoms. The third-order valence-electron chi connectivity index (χ3n) is 4.97. The first kappa shape index (κ1) is 15.7. The van der Waals surface area contributed by atoms with Crippen LogP contribution in [0.25, 0.3) is 0 Å². The molecule has 5 nitrogen and oxygen atoms in total. The summed E-state index contributed by atoms with van der Waals surface area (Å²) in [5.74, 6) is -0.106. The van der Waals surface area contributed by atoms with Crippen LogP contribution < -0.4 is 14.8 Å². The molecule has 1 saturated heterocycles. The molecular formula is C20H19NO4. The van der Waals surface area contributed by atoms with Gasteiger partial charge in [0, 0.05) is 23.5 Å². The third-order valence-corrected chi connectivity index (χ3v) is 4.97. The molecule has 1 amide bonds. The van der Waals surface area contributed by atoms with Crippen LogP contribution >= 0.6 is 0 Å². The van der Waals surface area contributed by atoms with Crippen LogP contribution in [0.15, 0.2) is 48.5 Å². The average Bonchev–Trinajstić information content (AvgIpc) is 2.61. The number of rotatable bonds is 3. The van der Waals surface area contributed by atoms with Gasteiger partial charge < -0.3 is 14.8 Å². The molecule has 0 unspecified atom stereocenters. The third kappa shape index (κ3) is 2.56. The second-order valence-electron chi connectivity index (χ2n) is 6.74. The van der Waals surface area contributed by atoms with Gasteiger partial charge in [-0.15, -0.1) is 0 Å². The minimum atomic E-state index is -0.795. The van der Waals surface area contributed by atoms with Crippen molar-refractivity contribution in [2.24, 2.45) is 5.92 Å². The highest BCUT2D eigenvalue weighted by molar-refractivity contribution is 6.11. The maximum Gasteiger partial charge on any atom is 0.234 e. The van der Waals surface area contributed by atoms with Crippen molar-refractivity contribution in [1.29, 1.82) is 0 Å². The lowest BCUT2D eigenvalue weighted by Gasteiger charge is -2.46. The van der Waals surface area contributed by atoms with E-state index in [1.54, 1.807) is 31.4 Å². The van der Waals surface area contributed by atoms with Crippen LogP contribution in [0.1, 0.15) is 35.2 Å². The lowest BCUT2D eigenvalue weighted by Crippen LogP contribution is -2.61. The minimum absolute atomic E-state index is 0.166. The Bertz CT molecular complexity index is 848. The molecule has 2 bridgehead atoms. The van der Waals surface area contributed by atoms with Crippen molar-refractivity contribution in [2.75, 3.05) is 7.11 Å². The molecule has 2 heterocycles. The number of carbonyl (C=O) groups is 2. The lowest BCUT2D eigenvalue weighted by molar-refractivity contribution is -0.137. The maximum atomic E-state index is 13.0. The second kappa shape index (κ2) is 5.62. The van der Waals surface area contributed by atoms with E-state index in [2.05, 4.69) is 5.32 Å². The molecule has 0 radical (unpaired) electrons. The zero-order valence-corrected chi connectivity index (χ0v) is 14.1. The van der Waals surface area contributed by atoms with E-state index in [0.29, 0.717) is 23.5 Å². The van der Waals surface area contributed by atoms with Crippen LogP contribution in [0, 0.1) is 5.92 Å². The summed E-state index contributed by atoms with van der Waals surface area (Å²) in [5.41, 5.74) is 0.597. The molecule has 2 aromatic carbocycles. The number of nitrogens with one attached hydrogen (secondary N) is 1. The van der Waals surface area contributed by atoms with E-state index in [1.807, 2.05) is 31.2 Å². The molecular weight excluding hydrogens is 318 g/mol. The SMILES string of the molecule is COc1ccc2c(c1)[C@H]1C[C@@](C)(NC(=O)[C@H]1C(=O)c1ccccc1)O2. The predicted octanol–water partition coefficient (Wildman–Crippen LogP) is 2.91. The van der Waals surface area contributed by atoms with Crippen molar-refractivity contribution in [3.05, 3.63) is 59.7 Å². The molecule has 3 atom stereocenters. The van der Waals surface area contributed by atoms with Gasteiger partial charge in [0.15, 0.2) is 11.5 Å². The van der Waals surface area contributed by atoms with Crippen molar-refractivity contribution in [3.63, 3.8) is 0 Å². The molecule has 0 aliphatic carbocycles. The fraction of sp³-hybridized carbons (Fsp3) is 0.300. The summed E-state index contributed by atoms with van der Waals surface area (Å²) in [5, 5.41) is 2.88. The van der Waals surface area contributed by atoms with E-state index in [-0.39, 0.29) is 17.6 Å². The molecule has 4 rings (SSSR count). The van der Waals surface area contributed by atoms with Crippen LogP contribution in [0.2, 0.25) is 0 Å². The number of ketones is 1. The number of amides is 1. The number of ether oxygens (including phenoxy) is 2. The van der Waals surface area contributed by atoms with Crippen molar-refractivity contribution >= 4 is 11.7 Å². The zero-order chi connectivity index (χ0) is 17.6. The molecule has 1 N–H and O–H groups in total. The lowest BCUT2D eigenvalue weighted by atomic mass is 9.72. The molecule has 5 heteroatoms. The van der Waals surface area contributed by atoms with Crippen LogP contribution in [0.4, 0.5) is 0 Å². The number of hydrogen-bond acceptors (Lipinski definition) is 4. The highest BCUT2D eigenvalue weighted by Crippen LogP contribution is 2.48. The van der Waals surface area contributed by atoms with Crippen molar-refractivity contribution in [2.45, 2.75) is 25.0 Å². The topological polar surface area (TPSA) is 64.6 Å². The predicted molar refractivity (Wildman–Crippen MR) is 91.8 cm³/mol. The number of methoxy groups -OCH3 is 1. The van der Waals surface area contributed by atoms with Crippen molar-refractivity contribution in [1.82, 2.24) is 5.32 Å². The number of benzene rings is 2. The van der Waals surface area contributed by atoms with E-state index in [0.717, 1.165) is 5.56 Å². The van der Waals surface area contributed by atoms with Gasteiger partial charge >= 0.3 is 0 Å². The van der Waals surface area contributed by atoms with E-state index in [4.69, 9.17) is 9.47 Å². The number of Topliss-reactive ketones (excluding diaryl/α,β-unsaturated/α-hetero) is 1. The van der Waals surface area contributed by atoms with Crippen molar-refractivity contribution in [3.8, 4) is 11.5 Å². The van der Waals surface area contributed by atoms with Gasteiger partial charge in [0.2, 0.25) is 5.91 Å². The Kier molecular flexibility index (Phi) is 3.53. The van der Waals surface area contributed by atoms with E-state index in [1.165, 1.54) is 0 Å². The number of piperidine rings is 1. The van der Waals surface area contributed by atoms with E-state index in [9.17, 15) is 9.59 Å². The average molecular weight is 337 g/mol. The highest BCUT2D eigenvalue weighted by atomic mass is 16.5. The molecule has 0 spiro atoms. The Morgan fingerprint density at radius 2 is 2.00 bits per heavy atom. The highest BCUT2D eigenvalue weighted by Gasteiger charge is 2.51. The first-order valence-electron chi connectivity index (χ1n) is 8.29. The van der Waals surface area contributed by atoms with Gasteiger partial charge in [-0.3, -0.25) is 9.59 Å². The van der Waals surface area contributed by atoms with Gasteiger partial charge in [-0.25, -0.2) is 0 Å². The molecule has 128 valence electrons. The smallest absolute Gasteiger partial charge is 0.234 e. The summed E-state index contributed by atoms with van der Waals surface area (Å²) in [6.07, 6.45) is 0.544. The fourth-order valence-electron chi connectivity index (χ4n) is 3.83. The van der Waals surface area contributed by atoms with Gasteiger partial charge in [-0.2, -0.15) is 0 Å². The van der Waals surface area contributed by atoms with Gasteiger partial charge in [-0.05, 0) is 25.1 Å². The Balaban J connectivity index is 1.80. The Morgan fingerprint density at radius 3 is 2.72 bits per heavy atom. The number of carbonyl (C=O) groups excluding carboxylic acids is 2. The molecule has 0 saturated carbocycles. The summed E-state index contributed by atoms with van der Waals surface area (Å²) in [6, 6.07) is 14.5. The standard InChI is InChI=1S/C20H19NO4/c1-20-11-15(14-10-13(24-2)8-9-16(14)25-20)17(19(23)21-20)18(22)12-6-4-3-5-7-12/h3-10,15,17H,11H2,1-2H3,(H,21,23)/t15-,17-,20+/m1/s1. The molecule has 2 aliphatic rings. The quantitative estimate of drug-likeness (QED) is 0.691. The molecule has 2 aromatic rings. The van der Waals surface area contributed by atoms with Crippen LogP contribution in [-0.2, 0) is 4.79 Å². The summed E-state index contributed by atoms with van der Waals surface area (Å²) < 4.78 is 11.3. The van der Waals surface area contributed by atoms with E-state index >= 15 is 0 Å². The summed E-state index contributed by atoms with van der Waals surface area (Å²) in [4.78, 5) is 25.8. The van der Waals surface area contributed by atoms with Crippen LogP contribution in [0.3, 0.4) is 0 Å². The zero-order valence-electron chi connectivity index (χ0n) is 14.1. The van der Waals surface area contributed by atoms with Gasteiger partial charge in [0.1, 0.15) is 17.4 Å². The second-order valence-corrected chi connectivity index (χ2v) is 6.74. The fourth-order valence-corrected chi connectivity index (χ4v) is 3.83. The summed E-state index contributed by atoms with van der Waals surface area (Å²) in [7, 11) is 1.59. The first-order valence-corrected chi connectivity index (χ1v) is 8.29. The minimum Gasteiger partial charge on any atom is -0.497 e. The molecule has 1 fully saturated rings. The van der Waals surface area contributed by atoms with Crippen LogP contribution in [0.5, 0.6) is 11.5 Å². The van der Waals surface area contributed by atoms with Gasteiger partial charge in [0.05, 0.1) is 7.11 Å². The summed E-state index contributed by atoms with van der Waals surface area (Å²) >= 11 is 0. The molecule has 2 aliphatic heterocycles. The van der Waals surface area contributed by atoms with Gasteiger partial charge in [0.25, 0.3) is 0 Å². The number of hydrogen-bond donors (Lipinski definition) is 1. The number of fused-ring (bicyclic) bond motifs is 4. The van der Waals surface area contributed by atoms with Gasteiger partial charge in [-0.1, -0.05) is 30.3 Å². The van der Waals surface area contributed by atoms with Crippen LogP contribution in [-0.4, -0.2) is 24.5 Å². The normalized spacial score (nSPS) is 26.9. The van der Waals surface area contributed by atoms with E-state index < -0.39 is 11.6 Å². The monoisotopic (exact) mass is 337 g/mol. The Morgan fingerprint density at radius 1 is 1.24 bits per heavy atom. The Hall–Kier alpha value is -2.82. The van der Waals surface area contributed by atoms with Crippen molar-refractivity contribution < 1.29 is 19.1 Å². The first-order chi connectivity index (χ1) is 12.0. The summed E-state index contributed by atoms with van der Waals surface area (Å²) in [6.45, 7) is 1.84. The Labute approximate surface area is 145 Å². The maximum absolute atomic E-state index is 13.0. The molecule has 0 aromatic heterocycles. The largest absolute Gasteiger partial charge is 0.497 e.